The maximum atomic E-state index is 12.6. The summed E-state index contributed by atoms with van der Waals surface area (Å²) in [5, 5.41) is 11.7. The van der Waals surface area contributed by atoms with E-state index in [0.29, 0.717) is 25.2 Å². The second-order valence-electron chi connectivity index (χ2n) is 6.25. The van der Waals surface area contributed by atoms with Gasteiger partial charge in [0.05, 0.1) is 6.42 Å². The van der Waals surface area contributed by atoms with Crippen molar-refractivity contribution in [1.82, 2.24) is 9.88 Å². The predicted molar refractivity (Wildman–Crippen MR) is 95.3 cm³/mol. The zero-order valence-corrected chi connectivity index (χ0v) is 14.3. The van der Waals surface area contributed by atoms with Gasteiger partial charge >= 0.3 is 0 Å². The molecule has 2 N–H and O–H groups in total. The second-order valence-corrected chi connectivity index (χ2v) is 6.25. The fourth-order valence-electron chi connectivity index (χ4n) is 3.00. The smallest absolute Gasteiger partial charge is 0.266 e. The lowest BCUT2D eigenvalue weighted by molar-refractivity contribution is -0.131. The Morgan fingerprint density at radius 1 is 1.31 bits per heavy atom. The zero-order valence-electron chi connectivity index (χ0n) is 14.3. The number of nitriles is 1. The van der Waals surface area contributed by atoms with Crippen LogP contribution in [-0.2, 0) is 29.0 Å². The highest BCUT2D eigenvalue weighted by Gasteiger charge is 2.22. The highest BCUT2D eigenvalue weighted by molar-refractivity contribution is 5.88. The number of benzene rings is 1. The van der Waals surface area contributed by atoms with Crippen LogP contribution in [0.1, 0.15) is 29.3 Å². The van der Waals surface area contributed by atoms with E-state index >= 15 is 0 Å². The van der Waals surface area contributed by atoms with Gasteiger partial charge in [-0.3, -0.25) is 14.4 Å². The highest BCUT2D eigenvalue weighted by atomic mass is 16.2. The number of carbonyl (C=O) groups excluding carboxylic acids is 2. The molecule has 132 valence electrons. The summed E-state index contributed by atoms with van der Waals surface area (Å²) in [5.41, 5.74) is 2.82. The summed E-state index contributed by atoms with van der Waals surface area (Å²) in [7, 11) is 0. The number of anilines is 1. The topological polar surface area (TPSA) is 106 Å². The van der Waals surface area contributed by atoms with Crippen molar-refractivity contribution in [2.75, 3.05) is 11.9 Å². The Morgan fingerprint density at radius 3 is 2.69 bits per heavy atom. The number of H-pyrrole nitrogens is 1. The predicted octanol–water partition coefficient (Wildman–Crippen LogP) is 1.33. The second kappa shape index (κ2) is 7.23. The van der Waals surface area contributed by atoms with Crippen LogP contribution >= 0.6 is 0 Å². The molecule has 1 aromatic carbocycles. The number of aromatic nitrogens is 1. The minimum absolute atomic E-state index is 0.0207. The van der Waals surface area contributed by atoms with Crippen molar-refractivity contribution < 1.29 is 9.59 Å². The largest absolute Gasteiger partial charge is 0.338 e. The van der Waals surface area contributed by atoms with Crippen LogP contribution in [0.5, 0.6) is 0 Å². The summed E-state index contributed by atoms with van der Waals surface area (Å²) >= 11 is 0. The minimum atomic E-state index is -0.384. The van der Waals surface area contributed by atoms with Crippen molar-refractivity contribution in [1.29, 1.82) is 5.26 Å². The van der Waals surface area contributed by atoms with Crippen LogP contribution in [0.25, 0.3) is 0 Å². The van der Waals surface area contributed by atoms with Gasteiger partial charge < -0.3 is 15.2 Å². The Balaban J connectivity index is 1.69. The van der Waals surface area contributed by atoms with E-state index in [9.17, 15) is 14.4 Å². The number of rotatable bonds is 3. The molecule has 0 bridgehead atoms. The molecule has 1 aliphatic rings. The molecule has 0 fully saturated rings. The number of pyridine rings is 1. The molecule has 2 heterocycles. The molecule has 3 rings (SSSR count). The first-order chi connectivity index (χ1) is 12.5. The van der Waals surface area contributed by atoms with E-state index in [-0.39, 0.29) is 29.4 Å². The standard InChI is InChI=1S/C19H18N4O3/c1-12(24)21-16-4-2-13(3-5-16)8-18(25)23-7-6-17-15(11-23)9-14(10-20)19(26)22-17/h2-5,9H,6-8,11H2,1H3,(H,21,24)(H,22,26). The molecule has 0 saturated carbocycles. The van der Waals surface area contributed by atoms with Gasteiger partial charge in [0.2, 0.25) is 11.8 Å². The number of amides is 2. The van der Waals surface area contributed by atoms with Gasteiger partial charge in [0.1, 0.15) is 11.6 Å². The van der Waals surface area contributed by atoms with Gasteiger partial charge in [-0.25, -0.2) is 0 Å². The van der Waals surface area contributed by atoms with Crippen molar-refractivity contribution in [3.63, 3.8) is 0 Å². The Labute approximate surface area is 150 Å². The van der Waals surface area contributed by atoms with Crippen LogP contribution in [0.15, 0.2) is 35.1 Å². The molecule has 2 aromatic rings. The van der Waals surface area contributed by atoms with E-state index in [1.165, 1.54) is 6.92 Å². The molecule has 1 aromatic heterocycles. The van der Waals surface area contributed by atoms with E-state index < -0.39 is 0 Å². The van der Waals surface area contributed by atoms with E-state index in [1.807, 2.05) is 18.2 Å². The highest BCUT2D eigenvalue weighted by Crippen LogP contribution is 2.18. The first-order valence-electron chi connectivity index (χ1n) is 8.25. The zero-order chi connectivity index (χ0) is 18.7. The van der Waals surface area contributed by atoms with E-state index in [0.717, 1.165) is 16.8 Å². The van der Waals surface area contributed by atoms with Crippen LogP contribution < -0.4 is 10.9 Å². The molecular weight excluding hydrogens is 332 g/mol. The number of carbonyl (C=O) groups is 2. The van der Waals surface area contributed by atoms with Crippen LogP contribution in [0.4, 0.5) is 5.69 Å². The molecule has 0 unspecified atom stereocenters. The van der Waals surface area contributed by atoms with Gasteiger partial charge in [0.15, 0.2) is 0 Å². The van der Waals surface area contributed by atoms with Crippen LogP contribution in [-0.4, -0.2) is 28.2 Å². The molecule has 1 aliphatic heterocycles. The third-order valence-corrected chi connectivity index (χ3v) is 4.31. The molecule has 2 amide bonds. The lowest BCUT2D eigenvalue weighted by Gasteiger charge is -2.28. The molecule has 26 heavy (non-hydrogen) atoms. The Bertz CT molecular complexity index is 954. The van der Waals surface area contributed by atoms with Gasteiger partial charge in [-0.05, 0) is 29.3 Å². The van der Waals surface area contributed by atoms with E-state index in [1.54, 1.807) is 23.1 Å². The number of hydrogen-bond acceptors (Lipinski definition) is 4. The SMILES string of the molecule is CC(=O)Nc1ccc(CC(=O)N2CCc3[nH]c(=O)c(C#N)cc3C2)cc1. The molecule has 0 radical (unpaired) electrons. The Hall–Kier alpha value is -3.40. The Kier molecular flexibility index (Phi) is 4.85. The van der Waals surface area contributed by atoms with Gasteiger partial charge in [-0.1, -0.05) is 12.1 Å². The van der Waals surface area contributed by atoms with Crippen molar-refractivity contribution in [2.24, 2.45) is 0 Å². The monoisotopic (exact) mass is 350 g/mol. The molecule has 7 heteroatoms. The molecule has 0 aliphatic carbocycles. The Morgan fingerprint density at radius 2 is 2.04 bits per heavy atom. The van der Waals surface area contributed by atoms with Gasteiger partial charge in [-0.15, -0.1) is 0 Å². The van der Waals surface area contributed by atoms with Crippen LogP contribution in [0, 0.1) is 11.3 Å². The minimum Gasteiger partial charge on any atom is -0.338 e. The van der Waals surface area contributed by atoms with Crippen molar-refractivity contribution in [2.45, 2.75) is 26.3 Å². The van der Waals surface area contributed by atoms with Crippen LogP contribution in [0.3, 0.4) is 0 Å². The molecule has 0 spiro atoms. The number of fused-ring (bicyclic) bond motifs is 1. The normalized spacial score (nSPS) is 12.8. The summed E-state index contributed by atoms with van der Waals surface area (Å²) in [6.07, 6.45) is 0.813. The first kappa shape index (κ1) is 17.4. The number of aromatic amines is 1. The summed E-state index contributed by atoms with van der Waals surface area (Å²) < 4.78 is 0. The van der Waals surface area contributed by atoms with Crippen molar-refractivity contribution >= 4 is 17.5 Å². The average Bonchev–Trinajstić information content (AvgIpc) is 2.62. The fraction of sp³-hybridized carbons (Fsp3) is 0.263. The molecule has 0 saturated heterocycles. The lowest BCUT2D eigenvalue weighted by Crippen LogP contribution is -2.38. The molecular formula is C19H18N4O3. The lowest BCUT2D eigenvalue weighted by atomic mass is 10.0. The summed E-state index contributed by atoms with van der Waals surface area (Å²) in [4.78, 5) is 39.8. The van der Waals surface area contributed by atoms with Crippen LogP contribution in [0.2, 0.25) is 0 Å². The first-order valence-corrected chi connectivity index (χ1v) is 8.25. The summed E-state index contributed by atoms with van der Waals surface area (Å²) in [5.74, 6) is -0.164. The third kappa shape index (κ3) is 3.81. The number of hydrogen-bond donors (Lipinski definition) is 2. The van der Waals surface area contributed by atoms with Crippen molar-refractivity contribution in [3.8, 4) is 6.07 Å². The quantitative estimate of drug-likeness (QED) is 0.871. The van der Waals surface area contributed by atoms with Gasteiger partial charge in [0, 0.05) is 37.8 Å². The molecule has 7 nitrogen and oxygen atoms in total. The number of nitrogens with zero attached hydrogens (tertiary/aromatic N) is 2. The third-order valence-electron chi connectivity index (χ3n) is 4.31. The fourth-order valence-corrected chi connectivity index (χ4v) is 3.00. The molecule has 0 atom stereocenters. The maximum absolute atomic E-state index is 12.6. The van der Waals surface area contributed by atoms with E-state index in [2.05, 4.69) is 10.3 Å². The van der Waals surface area contributed by atoms with Gasteiger partial charge in [0.25, 0.3) is 5.56 Å². The van der Waals surface area contributed by atoms with Crippen molar-refractivity contribution in [3.05, 3.63) is 63.1 Å². The van der Waals surface area contributed by atoms with E-state index in [4.69, 9.17) is 5.26 Å². The average molecular weight is 350 g/mol. The summed E-state index contributed by atoms with van der Waals surface area (Å²) in [6.45, 7) is 2.35. The number of nitrogens with one attached hydrogen (secondary N) is 2. The maximum Gasteiger partial charge on any atom is 0.266 e. The summed E-state index contributed by atoms with van der Waals surface area (Å²) in [6, 6.07) is 10.6. The van der Waals surface area contributed by atoms with Gasteiger partial charge in [-0.2, -0.15) is 5.26 Å².